The summed E-state index contributed by atoms with van der Waals surface area (Å²) in [4.78, 5) is 21.2. The van der Waals surface area contributed by atoms with Crippen LogP contribution in [-0.4, -0.2) is 51.0 Å². The first-order valence-corrected chi connectivity index (χ1v) is 15.3. The van der Waals surface area contributed by atoms with E-state index in [9.17, 15) is 43.9 Å². The monoisotopic (exact) mass is 645 g/mol. The van der Waals surface area contributed by atoms with Crippen molar-refractivity contribution in [3.8, 4) is 11.1 Å². The molecule has 0 radical (unpaired) electrons. The van der Waals surface area contributed by atoms with Crippen LogP contribution in [0.3, 0.4) is 0 Å². The van der Waals surface area contributed by atoms with E-state index in [1.807, 2.05) is 0 Å². The average molecular weight is 646 g/mol. The van der Waals surface area contributed by atoms with Crippen LogP contribution in [0.4, 0.5) is 42.2 Å². The Kier molecular flexibility index (Phi) is 8.57. The molecule has 1 aliphatic rings. The van der Waals surface area contributed by atoms with E-state index in [0.29, 0.717) is 47.6 Å². The number of rotatable bonds is 6. The molecule has 0 N–H and O–H groups in total. The second kappa shape index (κ2) is 11.4. The minimum absolute atomic E-state index is 0.00147. The minimum Gasteiger partial charge on any atom is -0.355 e. The summed E-state index contributed by atoms with van der Waals surface area (Å²) in [5, 5.41) is -0.612. The molecule has 1 fully saturated rings. The molecule has 6 nitrogen and oxygen atoms in total. The van der Waals surface area contributed by atoms with Gasteiger partial charge in [-0.1, -0.05) is 6.07 Å². The van der Waals surface area contributed by atoms with Crippen LogP contribution in [0.1, 0.15) is 42.5 Å². The Labute approximate surface area is 250 Å². The van der Waals surface area contributed by atoms with Crippen molar-refractivity contribution in [2.45, 2.75) is 50.2 Å². The van der Waals surface area contributed by atoms with Crippen molar-refractivity contribution >= 4 is 27.2 Å². The summed E-state index contributed by atoms with van der Waals surface area (Å²) in [5.74, 6) is -0.974. The molecule has 14 heteroatoms. The third-order valence-electron chi connectivity index (χ3n) is 7.93. The molecule has 238 valence electrons. The number of benzene rings is 2. The van der Waals surface area contributed by atoms with Crippen molar-refractivity contribution in [1.82, 2.24) is 4.98 Å². The molecule has 0 bridgehead atoms. The first kappa shape index (κ1) is 33.2. The van der Waals surface area contributed by atoms with Gasteiger partial charge in [-0.25, -0.2) is 17.8 Å². The summed E-state index contributed by atoms with van der Waals surface area (Å²) in [6, 6.07) is 6.60. The molecule has 1 amide bonds. The van der Waals surface area contributed by atoms with Crippen molar-refractivity contribution in [3.05, 3.63) is 76.7 Å². The number of pyridine rings is 1. The van der Waals surface area contributed by atoms with Gasteiger partial charge in [0.15, 0.2) is 9.84 Å². The SMILES string of the molecule is Cc1cc(F)ccc1-c1cc(N2CCC(S(C)(=O)=O)C2)ncc1N(C)C(=O)C(C)(C)c1cc(C(F)(F)F)cc(C(F)(F)F)c1. The highest BCUT2D eigenvalue weighted by Gasteiger charge is 2.41. The van der Waals surface area contributed by atoms with Crippen molar-refractivity contribution in [1.29, 1.82) is 0 Å². The topological polar surface area (TPSA) is 70.6 Å². The number of halogens is 7. The number of amides is 1. The summed E-state index contributed by atoms with van der Waals surface area (Å²) in [5.41, 5.74) is -3.96. The van der Waals surface area contributed by atoms with E-state index in [4.69, 9.17) is 0 Å². The molecule has 2 heterocycles. The van der Waals surface area contributed by atoms with Crippen molar-refractivity contribution in [2.75, 3.05) is 36.2 Å². The number of aryl methyl sites for hydroxylation is 1. The summed E-state index contributed by atoms with van der Waals surface area (Å²) in [6.07, 6.45) is -7.35. The Balaban J connectivity index is 1.81. The number of likely N-dealkylation sites (N-methyl/N-ethyl adjacent to an activating group) is 1. The highest BCUT2D eigenvalue weighted by Crippen LogP contribution is 2.41. The van der Waals surface area contributed by atoms with Gasteiger partial charge < -0.3 is 9.80 Å². The van der Waals surface area contributed by atoms with E-state index in [2.05, 4.69) is 4.98 Å². The number of alkyl halides is 6. The average Bonchev–Trinajstić information content (AvgIpc) is 3.42. The van der Waals surface area contributed by atoms with E-state index in [1.54, 1.807) is 17.9 Å². The molecule has 44 heavy (non-hydrogen) atoms. The quantitative estimate of drug-likeness (QED) is 0.276. The first-order chi connectivity index (χ1) is 20.1. The van der Waals surface area contributed by atoms with Crippen LogP contribution in [0.2, 0.25) is 0 Å². The standard InChI is InChI=1S/C30H30F7N3O3S/c1-17-10-21(31)6-7-23(17)24-14-26(40-9-8-22(16-40)44(5,42)43)38-15-25(24)39(4)27(41)28(2,3)18-11-19(29(32,33)34)13-20(12-18)30(35,36)37/h6-7,10-15,22H,8-9,16H2,1-5H3. The summed E-state index contributed by atoms with van der Waals surface area (Å²) < 4.78 is 120. The molecule has 0 saturated carbocycles. The van der Waals surface area contributed by atoms with Gasteiger partial charge >= 0.3 is 12.4 Å². The Bertz CT molecular complexity index is 1670. The molecule has 2 aromatic carbocycles. The number of nitrogens with zero attached hydrogens (tertiary/aromatic N) is 3. The maximum absolute atomic E-state index is 14.0. The molecule has 3 aromatic rings. The number of carbonyl (C=O) groups excluding carboxylic acids is 1. The zero-order valence-corrected chi connectivity index (χ0v) is 25.3. The van der Waals surface area contributed by atoms with Crippen molar-refractivity contribution in [2.24, 2.45) is 0 Å². The Morgan fingerprint density at radius 2 is 1.50 bits per heavy atom. The Hall–Kier alpha value is -3.68. The van der Waals surface area contributed by atoms with Crippen LogP contribution in [0.5, 0.6) is 0 Å². The second-order valence-electron chi connectivity index (χ2n) is 11.5. The van der Waals surface area contributed by atoms with E-state index in [-0.39, 0.29) is 18.3 Å². The maximum atomic E-state index is 14.0. The van der Waals surface area contributed by atoms with Crippen molar-refractivity contribution in [3.63, 3.8) is 0 Å². The van der Waals surface area contributed by atoms with Gasteiger partial charge in [-0.3, -0.25) is 4.79 Å². The predicted octanol–water partition coefficient (Wildman–Crippen LogP) is 6.80. The molecule has 0 spiro atoms. The van der Waals surface area contributed by atoms with Gasteiger partial charge in [-0.05, 0) is 80.3 Å². The van der Waals surface area contributed by atoms with Gasteiger partial charge in [-0.15, -0.1) is 0 Å². The first-order valence-electron chi connectivity index (χ1n) is 13.4. The zero-order chi connectivity index (χ0) is 33.0. The highest BCUT2D eigenvalue weighted by molar-refractivity contribution is 7.91. The fraction of sp³-hybridized carbons (Fsp3) is 0.400. The fourth-order valence-electron chi connectivity index (χ4n) is 5.28. The number of hydrogen-bond acceptors (Lipinski definition) is 5. The molecular weight excluding hydrogens is 615 g/mol. The van der Waals surface area contributed by atoms with E-state index < -0.39 is 61.3 Å². The van der Waals surface area contributed by atoms with Gasteiger partial charge in [0.25, 0.3) is 0 Å². The normalized spacial score (nSPS) is 16.4. The number of hydrogen-bond donors (Lipinski definition) is 0. The lowest BCUT2D eigenvalue weighted by atomic mass is 9.81. The van der Waals surface area contributed by atoms with Crippen molar-refractivity contribution < 1.29 is 43.9 Å². The Morgan fingerprint density at radius 1 is 0.932 bits per heavy atom. The highest BCUT2D eigenvalue weighted by atomic mass is 32.2. The predicted molar refractivity (Wildman–Crippen MR) is 153 cm³/mol. The summed E-state index contributed by atoms with van der Waals surface area (Å²) in [7, 11) is -2.01. The fourth-order valence-corrected chi connectivity index (χ4v) is 6.26. The smallest absolute Gasteiger partial charge is 0.355 e. The molecule has 1 aliphatic heterocycles. The molecule has 1 aromatic heterocycles. The third kappa shape index (κ3) is 6.69. The van der Waals surface area contributed by atoms with Crippen LogP contribution in [0.15, 0.2) is 48.7 Å². The van der Waals surface area contributed by atoms with Gasteiger partial charge in [0.2, 0.25) is 5.91 Å². The number of aromatic nitrogens is 1. The lowest BCUT2D eigenvalue weighted by Crippen LogP contribution is -2.42. The molecule has 1 saturated heterocycles. The zero-order valence-electron chi connectivity index (χ0n) is 24.4. The summed E-state index contributed by atoms with van der Waals surface area (Å²) >= 11 is 0. The molecule has 1 atom stereocenters. The molecule has 0 aliphatic carbocycles. The number of anilines is 2. The lowest BCUT2D eigenvalue weighted by molar-refractivity contribution is -0.143. The van der Waals surface area contributed by atoms with Gasteiger partial charge in [-0.2, -0.15) is 26.3 Å². The second-order valence-corrected chi connectivity index (χ2v) is 13.8. The van der Waals surface area contributed by atoms with E-state index in [0.717, 1.165) is 11.2 Å². The van der Waals surface area contributed by atoms with E-state index >= 15 is 0 Å². The molecular formula is C30H30F7N3O3S. The minimum atomic E-state index is -5.10. The van der Waals surface area contributed by atoms with Gasteiger partial charge in [0, 0.05) is 32.0 Å². The van der Waals surface area contributed by atoms with Crippen LogP contribution >= 0.6 is 0 Å². The van der Waals surface area contributed by atoms with Crippen LogP contribution in [-0.2, 0) is 32.4 Å². The largest absolute Gasteiger partial charge is 0.416 e. The maximum Gasteiger partial charge on any atom is 0.416 e. The Morgan fingerprint density at radius 3 is 2.00 bits per heavy atom. The van der Waals surface area contributed by atoms with E-state index in [1.165, 1.54) is 45.3 Å². The molecule has 4 rings (SSSR count). The number of sulfone groups is 1. The van der Waals surface area contributed by atoms with Crippen LogP contribution < -0.4 is 9.80 Å². The number of carbonyl (C=O) groups is 1. The van der Waals surface area contributed by atoms with Crippen LogP contribution in [0, 0.1) is 12.7 Å². The lowest BCUT2D eigenvalue weighted by Gasteiger charge is -2.32. The van der Waals surface area contributed by atoms with Gasteiger partial charge in [0.1, 0.15) is 11.6 Å². The molecule has 1 unspecified atom stereocenters. The van der Waals surface area contributed by atoms with Crippen LogP contribution in [0.25, 0.3) is 11.1 Å². The third-order valence-corrected chi connectivity index (χ3v) is 9.53. The summed E-state index contributed by atoms with van der Waals surface area (Å²) in [6.45, 7) is 4.63. The van der Waals surface area contributed by atoms with Gasteiger partial charge in [0.05, 0.1) is 33.7 Å².